The second kappa shape index (κ2) is 7.36. The van der Waals surface area contributed by atoms with Crippen molar-refractivity contribution in [3.05, 3.63) is 63.7 Å². The van der Waals surface area contributed by atoms with Gasteiger partial charge in [0.05, 0.1) is 11.5 Å². The minimum absolute atomic E-state index is 0.129. The maximum Gasteiger partial charge on any atom is 0.309 e. The molecule has 3 aromatic rings. The van der Waals surface area contributed by atoms with Crippen molar-refractivity contribution in [2.24, 2.45) is 0 Å². The summed E-state index contributed by atoms with van der Waals surface area (Å²) in [6.07, 6.45) is 2.77. The minimum Gasteiger partial charge on any atom is -0.291 e. The van der Waals surface area contributed by atoms with Crippen molar-refractivity contribution in [1.29, 1.82) is 0 Å². The van der Waals surface area contributed by atoms with Crippen molar-refractivity contribution in [2.75, 3.05) is 5.32 Å². The first kappa shape index (κ1) is 18.2. The summed E-state index contributed by atoms with van der Waals surface area (Å²) in [5.41, 5.74) is 2.36. The molecule has 0 spiro atoms. The largest absolute Gasteiger partial charge is 0.309 e. The highest BCUT2D eigenvalue weighted by atomic mass is 16.6. The zero-order valence-electron chi connectivity index (χ0n) is 15.2. The van der Waals surface area contributed by atoms with Gasteiger partial charge in [-0.1, -0.05) is 29.8 Å². The molecule has 0 saturated carbocycles. The molecule has 27 heavy (non-hydrogen) atoms. The number of nitro groups is 1. The zero-order chi connectivity index (χ0) is 19.6. The smallest absolute Gasteiger partial charge is 0.291 e. The Morgan fingerprint density at radius 1 is 1.26 bits per heavy atom. The second-order valence-electron chi connectivity index (χ2n) is 6.25. The van der Waals surface area contributed by atoms with Crippen LogP contribution in [-0.2, 0) is 11.3 Å². The van der Waals surface area contributed by atoms with Crippen molar-refractivity contribution in [3.8, 4) is 0 Å². The van der Waals surface area contributed by atoms with Crippen LogP contribution >= 0.6 is 0 Å². The van der Waals surface area contributed by atoms with Gasteiger partial charge >= 0.3 is 5.69 Å². The number of aryl methyl sites for hydroxylation is 2. The van der Waals surface area contributed by atoms with Crippen LogP contribution < -0.4 is 5.32 Å². The van der Waals surface area contributed by atoms with E-state index in [1.807, 2.05) is 31.2 Å². The van der Waals surface area contributed by atoms with Gasteiger partial charge in [-0.05, 0) is 26.3 Å². The maximum absolute atomic E-state index is 12.4. The van der Waals surface area contributed by atoms with Crippen molar-refractivity contribution in [1.82, 2.24) is 24.5 Å². The van der Waals surface area contributed by atoms with Gasteiger partial charge < -0.3 is 0 Å². The van der Waals surface area contributed by atoms with Gasteiger partial charge in [-0.25, -0.2) is 9.67 Å². The summed E-state index contributed by atoms with van der Waals surface area (Å²) in [5, 5.41) is 21.8. The number of aromatic nitrogens is 5. The number of carbonyl (C=O) groups is 1. The topological polar surface area (TPSA) is 121 Å². The van der Waals surface area contributed by atoms with E-state index in [1.54, 1.807) is 11.6 Å². The molecule has 0 fully saturated rings. The third kappa shape index (κ3) is 4.17. The van der Waals surface area contributed by atoms with Crippen LogP contribution in [0.4, 0.5) is 11.6 Å². The summed E-state index contributed by atoms with van der Waals surface area (Å²) >= 11 is 0. The van der Waals surface area contributed by atoms with Crippen LogP contribution in [0.3, 0.4) is 0 Å². The molecule has 2 aromatic heterocycles. The van der Waals surface area contributed by atoms with Crippen LogP contribution in [0.5, 0.6) is 0 Å². The highest BCUT2D eigenvalue weighted by molar-refractivity contribution is 5.91. The van der Waals surface area contributed by atoms with Crippen LogP contribution in [0.1, 0.15) is 29.8 Å². The number of anilines is 1. The van der Waals surface area contributed by atoms with E-state index in [0.29, 0.717) is 6.54 Å². The van der Waals surface area contributed by atoms with Gasteiger partial charge in [0.2, 0.25) is 5.95 Å². The summed E-state index contributed by atoms with van der Waals surface area (Å²) < 4.78 is 2.87. The number of carbonyl (C=O) groups excluding carboxylic acids is 1. The molecule has 1 N–H and O–H groups in total. The molecule has 0 saturated heterocycles. The van der Waals surface area contributed by atoms with E-state index in [4.69, 9.17) is 0 Å². The standard InChI is InChI=1S/C17H19N7O3/c1-11-4-6-14(7-5-11)8-22-10-18-17(21-22)19-16(25)13(3)23-9-15(24(26)27)12(2)20-23/h4-7,9-10,13H,8H2,1-3H3,(H,19,21,25). The van der Waals surface area contributed by atoms with Crippen LogP contribution in [0, 0.1) is 24.0 Å². The van der Waals surface area contributed by atoms with Gasteiger partial charge in [0.1, 0.15) is 24.3 Å². The van der Waals surface area contributed by atoms with Gasteiger partial charge in [0, 0.05) is 0 Å². The predicted octanol–water partition coefficient (Wildman–Crippen LogP) is 2.25. The Labute approximate surface area is 155 Å². The van der Waals surface area contributed by atoms with Crippen molar-refractivity contribution in [2.45, 2.75) is 33.4 Å². The Morgan fingerprint density at radius 2 is 1.96 bits per heavy atom. The summed E-state index contributed by atoms with van der Waals surface area (Å²) in [5.74, 6) is -0.252. The molecule has 1 atom stereocenters. The summed E-state index contributed by atoms with van der Waals surface area (Å²) in [6, 6.07) is 7.29. The SMILES string of the molecule is Cc1ccc(Cn2cnc(NC(=O)C(C)n3cc([N+](=O)[O-])c(C)n3)n2)cc1. The molecule has 0 aliphatic carbocycles. The molecule has 0 radical (unpaired) electrons. The van der Waals surface area contributed by atoms with Crippen LogP contribution in [-0.4, -0.2) is 35.4 Å². The molecular weight excluding hydrogens is 350 g/mol. The number of hydrogen-bond donors (Lipinski definition) is 1. The Bertz CT molecular complexity index is 975. The lowest BCUT2D eigenvalue weighted by Crippen LogP contribution is -2.24. The molecule has 1 aromatic carbocycles. The third-order valence-corrected chi connectivity index (χ3v) is 4.10. The number of benzene rings is 1. The molecule has 1 unspecified atom stereocenters. The molecule has 1 amide bonds. The molecule has 140 valence electrons. The number of hydrogen-bond acceptors (Lipinski definition) is 6. The molecule has 0 aliphatic heterocycles. The average molecular weight is 369 g/mol. The fourth-order valence-corrected chi connectivity index (χ4v) is 2.49. The van der Waals surface area contributed by atoms with Gasteiger partial charge in [-0.2, -0.15) is 5.10 Å². The second-order valence-corrected chi connectivity index (χ2v) is 6.25. The first-order chi connectivity index (χ1) is 12.8. The van der Waals surface area contributed by atoms with E-state index in [0.717, 1.165) is 5.56 Å². The van der Waals surface area contributed by atoms with Gasteiger partial charge in [-0.15, -0.1) is 5.10 Å². The Hall–Kier alpha value is -3.56. The average Bonchev–Trinajstić information content (AvgIpc) is 3.22. The molecule has 3 rings (SSSR count). The minimum atomic E-state index is -0.749. The predicted molar refractivity (Wildman–Crippen MR) is 97.3 cm³/mol. The summed E-state index contributed by atoms with van der Waals surface area (Å²) in [6.45, 7) is 5.66. The normalized spacial score (nSPS) is 12.0. The lowest BCUT2D eigenvalue weighted by atomic mass is 10.1. The molecule has 10 heteroatoms. The van der Waals surface area contributed by atoms with Gasteiger partial charge in [0.25, 0.3) is 5.91 Å². The lowest BCUT2D eigenvalue weighted by molar-refractivity contribution is -0.385. The molecule has 2 heterocycles. The summed E-state index contributed by atoms with van der Waals surface area (Å²) in [7, 11) is 0. The Balaban J connectivity index is 1.65. The number of nitrogens with zero attached hydrogens (tertiary/aromatic N) is 6. The van der Waals surface area contributed by atoms with Gasteiger partial charge in [0.15, 0.2) is 0 Å². The van der Waals surface area contributed by atoms with E-state index in [9.17, 15) is 14.9 Å². The van der Waals surface area contributed by atoms with Crippen molar-refractivity contribution in [3.63, 3.8) is 0 Å². The zero-order valence-corrected chi connectivity index (χ0v) is 15.2. The number of amides is 1. The first-order valence-electron chi connectivity index (χ1n) is 8.29. The Kier molecular flexibility index (Phi) is 4.97. The third-order valence-electron chi connectivity index (χ3n) is 4.10. The monoisotopic (exact) mass is 369 g/mol. The Morgan fingerprint density at radius 3 is 2.59 bits per heavy atom. The molecule has 0 bridgehead atoms. The van der Waals surface area contributed by atoms with Crippen molar-refractivity contribution >= 4 is 17.5 Å². The van der Waals surface area contributed by atoms with Crippen molar-refractivity contribution < 1.29 is 9.72 Å². The summed E-state index contributed by atoms with van der Waals surface area (Å²) in [4.78, 5) is 26.8. The fourth-order valence-electron chi connectivity index (χ4n) is 2.49. The van der Waals surface area contributed by atoms with Gasteiger partial charge in [-0.3, -0.25) is 24.9 Å². The highest BCUT2D eigenvalue weighted by Crippen LogP contribution is 2.19. The van der Waals surface area contributed by atoms with Crippen LogP contribution in [0.25, 0.3) is 0 Å². The van der Waals surface area contributed by atoms with Crippen LogP contribution in [0.15, 0.2) is 36.8 Å². The fraction of sp³-hybridized carbons (Fsp3) is 0.294. The van der Waals surface area contributed by atoms with E-state index < -0.39 is 16.9 Å². The maximum atomic E-state index is 12.4. The van der Waals surface area contributed by atoms with E-state index in [2.05, 4.69) is 20.5 Å². The molecule has 10 nitrogen and oxygen atoms in total. The quantitative estimate of drug-likeness (QED) is 0.525. The van der Waals surface area contributed by atoms with Crippen LogP contribution in [0.2, 0.25) is 0 Å². The van der Waals surface area contributed by atoms with E-state index in [-0.39, 0.29) is 17.3 Å². The number of rotatable bonds is 6. The van der Waals surface area contributed by atoms with E-state index >= 15 is 0 Å². The molecule has 0 aliphatic rings. The molecular formula is C17H19N7O3. The lowest BCUT2D eigenvalue weighted by Gasteiger charge is -2.10. The highest BCUT2D eigenvalue weighted by Gasteiger charge is 2.23. The first-order valence-corrected chi connectivity index (χ1v) is 8.29. The number of nitrogens with one attached hydrogen (secondary N) is 1. The van der Waals surface area contributed by atoms with E-state index in [1.165, 1.54) is 29.7 Å².